The van der Waals surface area contributed by atoms with Gasteiger partial charge in [-0.1, -0.05) is 224 Å². The van der Waals surface area contributed by atoms with Crippen LogP contribution >= 0.6 is 0 Å². The molecule has 13 rings (SSSR count). The highest BCUT2D eigenvalue weighted by Crippen LogP contribution is 2.37. The van der Waals surface area contributed by atoms with Crippen molar-refractivity contribution in [3.05, 3.63) is 407 Å². The molecule has 0 aromatic heterocycles. The summed E-state index contributed by atoms with van der Waals surface area (Å²) >= 11 is 0. The number of esters is 9. The van der Waals surface area contributed by atoms with E-state index in [4.69, 9.17) is 42.6 Å². The first kappa shape index (κ1) is 77.7. The van der Waals surface area contributed by atoms with Crippen LogP contribution in [0.5, 0.6) is 0 Å². The number of hydrogen-bond donors (Lipinski definition) is 0. The molecule has 0 N–H and O–H groups in total. The molecule has 0 aliphatic rings. The van der Waals surface area contributed by atoms with Crippen molar-refractivity contribution in [3.8, 4) is 11.1 Å². The molecular formula is C93H74O18. The lowest BCUT2D eigenvalue weighted by Crippen LogP contribution is -2.44. The van der Waals surface area contributed by atoms with Crippen LogP contribution in [0, 0.1) is 5.41 Å². The van der Waals surface area contributed by atoms with Crippen LogP contribution in [0.4, 0.5) is 0 Å². The number of hydrogen-bond acceptors (Lipinski definition) is 18. The van der Waals surface area contributed by atoms with E-state index in [1.807, 2.05) is 72.8 Å². The summed E-state index contributed by atoms with van der Waals surface area (Å²) < 4.78 is 50.0. The van der Waals surface area contributed by atoms with Crippen molar-refractivity contribution < 1.29 is 85.8 Å². The van der Waals surface area contributed by atoms with E-state index in [2.05, 4.69) is 36.4 Å². The van der Waals surface area contributed by atoms with Crippen molar-refractivity contribution in [2.75, 3.05) is 39.6 Å². The quantitative estimate of drug-likeness (QED) is 0.0343. The lowest BCUT2D eigenvalue weighted by atomic mass is 9.89. The van der Waals surface area contributed by atoms with Crippen LogP contribution in [0.15, 0.2) is 346 Å². The molecule has 0 amide bonds. The molecule has 0 aliphatic heterocycles. The molecule has 0 bridgehead atoms. The number of benzene rings is 13. The lowest BCUT2D eigenvalue weighted by molar-refractivity contribution is -0.0642. The van der Waals surface area contributed by atoms with Crippen LogP contribution in [0.3, 0.4) is 0 Å². The van der Waals surface area contributed by atoms with Gasteiger partial charge in [0.2, 0.25) is 0 Å². The average Bonchev–Trinajstić information content (AvgIpc) is 0.762. The highest BCUT2D eigenvalue weighted by molar-refractivity contribution is 5.98. The first-order valence-corrected chi connectivity index (χ1v) is 35.3. The summed E-state index contributed by atoms with van der Waals surface area (Å²) in [6.45, 7) is -1.90. The first-order chi connectivity index (χ1) is 54.3. The minimum atomic E-state index is -1.43. The maximum Gasteiger partial charge on any atom is 0.338 e. The molecule has 0 aliphatic carbocycles. The van der Waals surface area contributed by atoms with Gasteiger partial charge in [0.05, 0.1) is 50.1 Å². The normalized spacial score (nSPS) is 10.7. The van der Waals surface area contributed by atoms with Gasteiger partial charge in [0, 0.05) is 5.56 Å². The molecule has 0 saturated heterocycles. The minimum Gasteiger partial charge on any atom is -0.461 e. The van der Waals surface area contributed by atoms with E-state index in [1.54, 1.807) is 237 Å². The average molecular weight is 1480 g/mol. The summed E-state index contributed by atoms with van der Waals surface area (Å²) in [5.74, 6) is -5.10. The highest BCUT2D eigenvalue weighted by atomic mass is 16.6. The molecule has 18 nitrogen and oxygen atoms in total. The number of fused-ring (bicyclic) bond motifs is 2. The number of rotatable bonds is 27. The van der Waals surface area contributed by atoms with Gasteiger partial charge in [-0.15, -0.1) is 0 Å². The third-order valence-corrected chi connectivity index (χ3v) is 17.2. The predicted octanol–water partition coefficient (Wildman–Crippen LogP) is 17.7. The Labute approximate surface area is 640 Å². The van der Waals surface area contributed by atoms with Crippen molar-refractivity contribution >= 4 is 75.3 Å². The maximum absolute atomic E-state index is 12.9. The molecule has 111 heavy (non-hydrogen) atoms. The van der Waals surface area contributed by atoms with Gasteiger partial charge < -0.3 is 42.6 Å². The zero-order chi connectivity index (χ0) is 77.4. The maximum atomic E-state index is 12.9. The largest absolute Gasteiger partial charge is 0.461 e. The van der Waals surface area contributed by atoms with Crippen LogP contribution in [0.2, 0.25) is 0 Å². The van der Waals surface area contributed by atoms with E-state index in [-0.39, 0.29) is 52.9 Å². The molecule has 0 heterocycles. The Morgan fingerprint density at radius 3 is 0.856 bits per heavy atom. The number of ether oxygens (including phenoxy) is 9. The van der Waals surface area contributed by atoms with Crippen molar-refractivity contribution in [3.63, 3.8) is 0 Å². The van der Waals surface area contributed by atoms with Gasteiger partial charge in [-0.25, -0.2) is 43.2 Å². The summed E-state index contributed by atoms with van der Waals surface area (Å²) in [6.07, 6.45) is -0.960. The predicted molar refractivity (Wildman–Crippen MR) is 416 cm³/mol. The van der Waals surface area contributed by atoms with Crippen LogP contribution in [0.1, 0.15) is 104 Å². The molecule has 13 aromatic carbocycles. The summed E-state index contributed by atoms with van der Waals surface area (Å²) in [5.41, 5.74) is 5.37. The van der Waals surface area contributed by atoms with Gasteiger partial charge in [0.25, 0.3) is 0 Å². The molecule has 554 valence electrons. The SMILES string of the molecule is O=C(OCC(COC(=O)c1ccccc1)(COC(=O)c1ccccc1)COC(=O)c1ccccc1)c1ccccc1.O=C(OCC(COC(=O)c1ccccc1)OC(=O)c1ccccc1)c1ccccc1.O=C(OCc1cc2ccccc2c(COC(=O)c2ccccc2)c1-c1ccc2ccccc2c1)c1ccccc1. The monoisotopic (exact) mass is 1480 g/mol. The van der Waals surface area contributed by atoms with Gasteiger partial charge in [0.15, 0.2) is 6.10 Å². The molecule has 0 unspecified atom stereocenters. The Morgan fingerprint density at radius 2 is 0.514 bits per heavy atom. The minimum absolute atomic E-state index is 0.0663. The van der Waals surface area contributed by atoms with E-state index < -0.39 is 65.2 Å². The number of carbonyl (C=O) groups is 9. The molecule has 0 spiro atoms. The zero-order valence-electron chi connectivity index (χ0n) is 60.0. The molecule has 13 aromatic rings. The Morgan fingerprint density at radius 1 is 0.243 bits per heavy atom. The van der Waals surface area contributed by atoms with Gasteiger partial charge in [0.1, 0.15) is 58.3 Å². The second kappa shape index (κ2) is 39.8. The summed E-state index contributed by atoms with van der Waals surface area (Å²) in [5, 5.41) is 4.17. The molecule has 0 fully saturated rings. The van der Waals surface area contributed by atoms with E-state index >= 15 is 0 Å². The van der Waals surface area contributed by atoms with Gasteiger partial charge >= 0.3 is 53.7 Å². The van der Waals surface area contributed by atoms with Gasteiger partial charge in [-0.05, 0) is 160 Å². The van der Waals surface area contributed by atoms with Gasteiger partial charge in [-0.2, -0.15) is 0 Å². The Kier molecular flexibility index (Phi) is 27.9. The molecular weight excluding hydrogens is 1410 g/mol. The smallest absolute Gasteiger partial charge is 0.338 e. The van der Waals surface area contributed by atoms with Gasteiger partial charge in [-0.3, -0.25) is 0 Å². The summed E-state index contributed by atoms with van der Waals surface area (Å²) in [6, 6.07) is 101. The highest BCUT2D eigenvalue weighted by Gasteiger charge is 2.39. The van der Waals surface area contributed by atoms with E-state index in [0.29, 0.717) is 50.1 Å². The molecule has 18 heteroatoms. The first-order valence-electron chi connectivity index (χ1n) is 35.3. The van der Waals surface area contributed by atoms with Crippen LogP contribution in [-0.4, -0.2) is 99.5 Å². The summed E-state index contributed by atoms with van der Waals surface area (Å²) in [7, 11) is 0. The third-order valence-electron chi connectivity index (χ3n) is 17.2. The van der Waals surface area contributed by atoms with Crippen LogP contribution in [-0.2, 0) is 55.8 Å². The Balaban J connectivity index is 0.000000167. The van der Waals surface area contributed by atoms with E-state index in [0.717, 1.165) is 43.8 Å². The lowest BCUT2D eigenvalue weighted by Gasteiger charge is -2.31. The second-order valence-corrected chi connectivity index (χ2v) is 25.1. The molecule has 0 atom stereocenters. The molecule has 0 saturated carbocycles. The van der Waals surface area contributed by atoms with Crippen LogP contribution < -0.4 is 0 Å². The number of carbonyl (C=O) groups excluding carboxylic acids is 9. The Hall–Kier alpha value is -14.4. The molecule has 0 radical (unpaired) electrons. The van der Waals surface area contributed by atoms with E-state index in [1.165, 1.54) is 0 Å². The van der Waals surface area contributed by atoms with E-state index in [9.17, 15) is 43.2 Å². The van der Waals surface area contributed by atoms with Crippen LogP contribution in [0.25, 0.3) is 32.7 Å². The topological polar surface area (TPSA) is 237 Å². The van der Waals surface area contributed by atoms with Crippen molar-refractivity contribution in [1.29, 1.82) is 0 Å². The second-order valence-electron chi connectivity index (χ2n) is 25.1. The standard InChI is InChI=1S/C36H26O4.C33H28O8.C24H20O6/c37-35(26-12-3-1-4-13-26)39-23-31-22-29-17-9-10-18-32(29)33(24-40-36(38)27-14-5-2-6-15-27)34(31)30-20-19-25-11-7-8-16-28(25)21-30;34-29(25-13-5-1-6-14-25)38-21-33(22-39-30(35)26-15-7-2-8-16-26,23-40-31(36)27-17-9-3-10-18-27)24-41-32(37)28-19-11-4-12-20-28;25-22(18-10-4-1-5-11-18)28-16-21(30-24(27)20-14-8-3-9-15-20)17-29-23(26)19-12-6-2-7-13-19/h1-22H,23-24H2;1-20H,21-24H2;1-15,21H,16-17H2. The fraction of sp³-hybridized carbons (Fsp3) is 0.108. The third kappa shape index (κ3) is 22.6. The Bertz CT molecular complexity index is 4980. The zero-order valence-corrected chi connectivity index (χ0v) is 60.0. The van der Waals surface area contributed by atoms with Crippen molar-refractivity contribution in [2.24, 2.45) is 5.41 Å². The van der Waals surface area contributed by atoms with Crippen molar-refractivity contribution in [2.45, 2.75) is 19.3 Å². The van der Waals surface area contributed by atoms with Crippen molar-refractivity contribution in [1.82, 2.24) is 0 Å². The fourth-order valence-corrected chi connectivity index (χ4v) is 11.4. The summed E-state index contributed by atoms with van der Waals surface area (Å²) in [4.78, 5) is 114. The fourth-order valence-electron chi connectivity index (χ4n) is 11.4.